The number of aryl methyl sites for hydroxylation is 1. The standard InChI is InChI=1S/C17H19N5O3/c1-12-10-13(2-4-15(12)22(24)25)17(23)20-16-5-3-14(11-19-16)21-8-6-18-7-9-21/h2-5,10-11,18H,6-9H2,1H3,(H,19,20,23). The lowest BCUT2D eigenvalue weighted by Gasteiger charge is -2.29. The van der Waals surface area contributed by atoms with Crippen LogP contribution in [0.1, 0.15) is 15.9 Å². The Labute approximate surface area is 145 Å². The van der Waals surface area contributed by atoms with Gasteiger partial charge >= 0.3 is 0 Å². The minimum Gasteiger partial charge on any atom is -0.368 e. The van der Waals surface area contributed by atoms with E-state index in [1.54, 1.807) is 19.2 Å². The van der Waals surface area contributed by atoms with Gasteiger partial charge in [-0.25, -0.2) is 4.98 Å². The van der Waals surface area contributed by atoms with Gasteiger partial charge in [-0.2, -0.15) is 0 Å². The van der Waals surface area contributed by atoms with E-state index in [1.807, 2.05) is 6.07 Å². The molecule has 0 spiro atoms. The molecule has 0 unspecified atom stereocenters. The van der Waals surface area contributed by atoms with Crippen LogP contribution in [0.3, 0.4) is 0 Å². The number of nitrogens with zero attached hydrogens (tertiary/aromatic N) is 3. The number of piperazine rings is 1. The van der Waals surface area contributed by atoms with Gasteiger partial charge in [-0.05, 0) is 31.2 Å². The fourth-order valence-electron chi connectivity index (χ4n) is 2.76. The van der Waals surface area contributed by atoms with Crippen LogP contribution in [0.15, 0.2) is 36.5 Å². The maximum Gasteiger partial charge on any atom is 0.272 e. The van der Waals surface area contributed by atoms with E-state index >= 15 is 0 Å². The van der Waals surface area contributed by atoms with Gasteiger partial charge in [0.05, 0.1) is 16.8 Å². The number of hydrogen-bond donors (Lipinski definition) is 2. The van der Waals surface area contributed by atoms with Crippen LogP contribution in [-0.4, -0.2) is 42.0 Å². The molecule has 1 aromatic carbocycles. The first-order valence-corrected chi connectivity index (χ1v) is 8.03. The summed E-state index contributed by atoms with van der Waals surface area (Å²) in [5.74, 6) is 0.0975. The van der Waals surface area contributed by atoms with Crippen molar-refractivity contribution in [1.82, 2.24) is 10.3 Å². The SMILES string of the molecule is Cc1cc(C(=O)Nc2ccc(N3CCNCC3)cn2)ccc1[N+](=O)[O-]. The zero-order valence-corrected chi connectivity index (χ0v) is 13.9. The minimum absolute atomic E-state index is 0.00458. The van der Waals surface area contributed by atoms with E-state index in [1.165, 1.54) is 18.2 Å². The topological polar surface area (TPSA) is 100 Å². The largest absolute Gasteiger partial charge is 0.368 e. The molecule has 25 heavy (non-hydrogen) atoms. The molecular formula is C17H19N5O3. The summed E-state index contributed by atoms with van der Waals surface area (Å²) in [4.78, 5) is 29.2. The van der Waals surface area contributed by atoms with E-state index in [0.29, 0.717) is 16.9 Å². The number of rotatable bonds is 4. The maximum absolute atomic E-state index is 12.3. The van der Waals surface area contributed by atoms with Crippen LogP contribution in [-0.2, 0) is 0 Å². The van der Waals surface area contributed by atoms with Gasteiger partial charge in [0.15, 0.2) is 0 Å². The molecule has 2 N–H and O–H groups in total. The van der Waals surface area contributed by atoms with E-state index in [0.717, 1.165) is 31.9 Å². The zero-order valence-electron chi connectivity index (χ0n) is 13.9. The number of benzene rings is 1. The van der Waals surface area contributed by atoms with Crippen LogP contribution >= 0.6 is 0 Å². The van der Waals surface area contributed by atoms with Crippen LogP contribution in [0.5, 0.6) is 0 Å². The number of anilines is 2. The van der Waals surface area contributed by atoms with Crippen LogP contribution < -0.4 is 15.5 Å². The number of aromatic nitrogens is 1. The predicted octanol–water partition coefficient (Wildman–Crippen LogP) is 1.96. The van der Waals surface area contributed by atoms with Crippen molar-refractivity contribution in [2.45, 2.75) is 6.92 Å². The van der Waals surface area contributed by atoms with Crippen molar-refractivity contribution in [3.8, 4) is 0 Å². The lowest BCUT2D eigenvalue weighted by atomic mass is 10.1. The Bertz CT molecular complexity index is 785. The summed E-state index contributed by atoms with van der Waals surface area (Å²) in [5.41, 5.74) is 1.82. The number of nitro groups is 1. The first-order chi connectivity index (χ1) is 12.0. The first kappa shape index (κ1) is 16.8. The Morgan fingerprint density at radius 1 is 1.28 bits per heavy atom. The molecule has 2 aromatic rings. The van der Waals surface area contributed by atoms with Crippen molar-refractivity contribution in [3.05, 3.63) is 57.8 Å². The highest BCUT2D eigenvalue weighted by Gasteiger charge is 2.15. The number of carbonyl (C=O) groups excluding carboxylic acids is 1. The van der Waals surface area contributed by atoms with Crippen LogP contribution in [0.4, 0.5) is 17.2 Å². The van der Waals surface area contributed by atoms with Gasteiger partial charge in [-0.3, -0.25) is 14.9 Å². The van der Waals surface area contributed by atoms with E-state index in [-0.39, 0.29) is 11.6 Å². The van der Waals surface area contributed by atoms with Gasteiger partial charge in [-0.1, -0.05) is 0 Å². The first-order valence-electron chi connectivity index (χ1n) is 8.03. The molecule has 2 heterocycles. The molecule has 1 aliphatic heterocycles. The Kier molecular flexibility index (Phi) is 4.90. The second-order valence-electron chi connectivity index (χ2n) is 5.85. The van der Waals surface area contributed by atoms with E-state index in [4.69, 9.17) is 0 Å². The molecule has 130 valence electrons. The highest BCUT2D eigenvalue weighted by molar-refractivity contribution is 6.04. The lowest BCUT2D eigenvalue weighted by Crippen LogP contribution is -2.43. The molecule has 0 saturated carbocycles. The van der Waals surface area contributed by atoms with Crippen LogP contribution in [0.25, 0.3) is 0 Å². The van der Waals surface area contributed by atoms with E-state index in [9.17, 15) is 14.9 Å². The number of nitro benzene ring substituents is 1. The maximum atomic E-state index is 12.3. The van der Waals surface area contributed by atoms with E-state index < -0.39 is 4.92 Å². The Morgan fingerprint density at radius 2 is 2.04 bits per heavy atom. The van der Waals surface area contributed by atoms with Crippen molar-refractivity contribution >= 4 is 23.1 Å². The molecular weight excluding hydrogens is 322 g/mol. The van der Waals surface area contributed by atoms with Crippen molar-refractivity contribution in [2.24, 2.45) is 0 Å². The summed E-state index contributed by atoms with van der Waals surface area (Å²) in [6.45, 7) is 5.34. The molecule has 1 aliphatic rings. The summed E-state index contributed by atoms with van der Waals surface area (Å²) in [7, 11) is 0. The Hall–Kier alpha value is -3.00. The van der Waals surface area contributed by atoms with Gasteiger partial charge in [0.2, 0.25) is 0 Å². The smallest absolute Gasteiger partial charge is 0.272 e. The summed E-state index contributed by atoms with van der Waals surface area (Å²) >= 11 is 0. The summed E-state index contributed by atoms with van der Waals surface area (Å²) < 4.78 is 0. The van der Waals surface area contributed by atoms with Crippen molar-refractivity contribution < 1.29 is 9.72 Å². The summed E-state index contributed by atoms with van der Waals surface area (Å²) in [6.07, 6.45) is 1.74. The fraction of sp³-hybridized carbons (Fsp3) is 0.294. The third-order valence-electron chi connectivity index (χ3n) is 4.13. The molecule has 0 atom stereocenters. The fourth-order valence-corrected chi connectivity index (χ4v) is 2.76. The van der Waals surface area contributed by atoms with Gasteiger partial charge in [0, 0.05) is 43.4 Å². The zero-order chi connectivity index (χ0) is 17.8. The third kappa shape index (κ3) is 3.92. The number of carbonyl (C=O) groups is 1. The van der Waals surface area contributed by atoms with Gasteiger partial charge in [-0.15, -0.1) is 0 Å². The number of hydrogen-bond acceptors (Lipinski definition) is 6. The highest BCUT2D eigenvalue weighted by Crippen LogP contribution is 2.20. The quantitative estimate of drug-likeness (QED) is 0.651. The molecule has 8 nitrogen and oxygen atoms in total. The molecule has 1 amide bonds. The molecule has 0 aliphatic carbocycles. The average molecular weight is 341 g/mol. The second kappa shape index (κ2) is 7.27. The van der Waals surface area contributed by atoms with Gasteiger partial charge in [0.1, 0.15) is 5.82 Å². The molecule has 0 radical (unpaired) electrons. The van der Waals surface area contributed by atoms with Crippen molar-refractivity contribution in [2.75, 3.05) is 36.4 Å². The molecule has 0 bridgehead atoms. The molecule has 1 fully saturated rings. The van der Waals surface area contributed by atoms with E-state index in [2.05, 4.69) is 20.5 Å². The molecule has 8 heteroatoms. The molecule has 1 saturated heterocycles. The molecule has 1 aromatic heterocycles. The normalized spacial score (nSPS) is 14.2. The predicted molar refractivity (Wildman–Crippen MR) is 95.1 cm³/mol. The van der Waals surface area contributed by atoms with Crippen LogP contribution in [0.2, 0.25) is 0 Å². The van der Waals surface area contributed by atoms with Gasteiger partial charge in [0.25, 0.3) is 11.6 Å². The minimum atomic E-state index is -0.465. The number of pyridine rings is 1. The lowest BCUT2D eigenvalue weighted by molar-refractivity contribution is -0.385. The third-order valence-corrected chi connectivity index (χ3v) is 4.13. The van der Waals surface area contributed by atoms with Crippen molar-refractivity contribution in [3.63, 3.8) is 0 Å². The highest BCUT2D eigenvalue weighted by atomic mass is 16.6. The molecule has 3 rings (SSSR count). The van der Waals surface area contributed by atoms with Crippen LogP contribution in [0, 0.1) is 17.0 Å². The summed E-state index contributed by atoms with van der Waals surface area (Å²) in [6, 6.07) is 7.96. The summed E-state index contributed by atoms with van der Waals surface area (Å²) in [5, 5.41) is 16.9. The monoisotopic (exact) mass is 341 g/mol. The number of amides is 1. The van der Waals surface area contributed by atoms with Gasteiger partial charge < -0.3 is 15.5 Å². The Balaban J connectivity index is 1.68. The number of nitrogens with one attached hydrogen (secondary N) is 2. The Morgan fingerprint density at radius 3 is 2.64 bits per heavy atom. The second-order valence-corrected chi connectivity index (χ2v) is 5.85. The average Bonchev–Trinajstić information content (AvgIpc) is 2.62. The van der Waals surface area contributed by atoms with Crippen molar-refractivity contribution in [1.29, 1.82) is 0 Å².